The number of nitrogens with zero attached hydrogens (tertiary/aromatic N) is 1. The van der Waals surface area contributed by atoms with Crippen LogP contribution in [0.5, 0.6) is 5.75 Å². The van der Waals surface area contributed by atoms with Crippen molar-refractivity contribution in [1.29, 1.82) is 0 Å². The second-order valence-electron chi connectivity index (χ2n) is 9.91. The minimum atomic E-state index is -1.31. The van der Waals surface area contributed by atoms with E-state index in [4.69, 9.17) is 9.47 Å². The molecule has 1 saturated heterocycles. The van der Waals surface area contributed by atoms with Crippen LogP contribution in [0.4, 0.5) is 4.39 Å². The van der Waals surface area contributed by atoms with Crippen molar-refractivity contribution in [3.8, 4) is 5.75 Å². The van der Waals surface area contributed by atoms with Crippen molar-refractivity contribution in [2.24, 2.45) is 5.92 Å². The van der Waals surface area contributed by atoms with Crippen LogP contribution in [0.1, 0.15) is 36.8 Å². The van der Waals surface area contributed by atoms with Gasteiger partial charge in [0.05, 0.1) is 19.3 Å². The van der Waals surface area contributed by atoms with Gasteiger partial charge >= 0.3 is 5.97 Å². The molecule has 208 valence electrons. The average Bonchev–Trinajstić information content (AvgIpc) is 3.34. The molecule has 39 heavy (non-hydrogen) atoms. The Hall–Kier alpha value is -3.79. The van der Waals surface area contributed by atoms with Gasteiger partial charge in [-0.1, -0.05) is 24.3 Å². The fraction of sp³-hybridized carbons (Fsp3) is 0.448. The molecule has 2 aliphatic rings. The van der Waals surface area contributed by atoms with Gasteiger partial charge in [0.2, 0.25) is 11.8 Å². The van der Waals surface area contributed by atoms with Gasteiger partial charge in [0.25, 0.3) is 0 Å². The van der Waals surface area contributed by atoms with E-state index in [0.29, 0.717) is 31.6 Å². The van der Waals surface area contributed by atoms with Crippen LogP contribution < -0.4 is 10.1 Å². The normalized spacial score (nSPS) is 23.3. The second-order valence-corrected chi connectivity index (χ2v) is 9.91. The predicted molar refractivity (Wildman–Crippen MR) is 139 cm³/mol. The van der Waals surface area contributed by atoms with Crippen LogP contribution in [-0.4, -0.2) is 72.0 Å². The number of amides is 2. The van der Waals surface area contributed by atoms with Crippen LogP contribution in [0.25, 0.3) is 0 Å². The summed E-state index contributed by atoms with van der Waals surface area (Å²) >= 11 is 0. The number of nitrogens with one attached hydrogen (secondary N) is 1. The molecule has 10 heteroatoms. The Kier molecular flexibility index (Phi) is 9.64. The highest BCUT2D eigenvalue weighted by Crippen LogP contribution is 2.24. The first-order chi connectivity index (χ1) is 18.8. The zero-order valence-electron chi connectivity index (χ0n) is 21.6. The van der Waals surface area contributed by atoms with Crippen molar-refractivity contribution in [3.05, 3.63) is 65.5 Å². The Morgan fingerprint density at radius 2 is 1.87 bits per heavy atom. The fourth-order valence-electron chi connectivity index (χ4n) is 4.96. The lowest BCUT2D eigenvalue weighted by Crippen LogP contribution is -2.48. The van der Waals surface area contributed by atoms with Crippen molar-refractivity contribution < 1.29 is 38.1 Å². The molecule has 4 rings (SSSR count). The summed E-state index contributed by atoms with van der Waals surface area (Å²) in [5, 5.41) is 12.2. The number of rotatable bonds is 5. The maximum Gasteiger partial charge on any atom is 0.328 e. The van der Waals surface area contributed by atoms with Gasteiger partial charge in [-0.2, -0.15) is 0 Å². The summed E-state index contributed by atoms with van der Waals surface area (Å²) in [6.07, 6.45) is 1.72. The SMILES string of the molecule is O=C1N[C@H](C(=O)O)COCCOc2cccc(c2)C[C@H](N2CCCC2=O)C(=O)C[C@H]1CCc1ccc(F)cc1. The highest BCUT2D eigenvalue weighted by Gasteiger charge is 2.36. The molecule has 2 aromatic carbocycles. The zero-order valence-corrected chi connectivity index (χ0v) is 21.6. The summed E-state index contributed by atoms with van der Waals surface area (Å²) in [6.45, 7) is 0.461. The number of likely N-dealkylation sites (tertiary alicyclic amines) is 1. The maximum atomic E-state index is 13.8. The van der Waals surface area contributed by atoms with Gasteiger partial charge in [0.1, 0.15) is 18.2 Å². The molecular formula is C29H33FN2O7. The Labute approximate surface area is 226 Å². The largest absolute Gasteiger partial charge is 0.491 e. The monoisotopic (exact) mass is 540 g/mol. The second kappa shape index (κ2) is 13.3. The summed E-state index contributed by atoms with van der Waals surface area (Å²) in [5.74, 6) is -2.89. The minimum Gasteiger partial charge on any atom is -0.491 e. The van der Waals surface area contributed by atoms with Crippen LogP contribution in [0.15, 0.2) is 48.5 Å². The number of ketones is 1. The number of hydrogen-bond acceptors (Lipinski definition) is 6. The van der Waals surface area contributed by atoms with E-state index in [9.17, 15) is 28.7 Å². The molecule has 0 spiro atoms. The van der Waals surface area contributed by atoms with E-state index in [-0.39, 0.29) is 56.6 Å². The lowest BCUT2D eigenvalue weighted by atomic mass is 9.89. The highest BCUT2D eigenvalue weighted by atomic mass is 19.1. The Bertz CT molecular complexity index is 1190. The highest BCUT2D eigenvalue weighted by molar-refractivity contribution is 5.94. The average molecular weight is 541 g/mol. The third-order valence-electron chi connectivity index (χ3n) is 7.09. The van der Waals surface area contributed by atoms with Crippen molar-refractivity contribution >= 4 is 23.6 Å². The maximum absolute atomic E-state index is 13.8. The summed E-state index contributed by atoms with van der Waals surface area (Å²) in [4.78, 5) is 53.2. The third kappa shape index (κ3) is 7.86. The molecule has 2 heterocycles. The van der Waals surface area contributed by atoms with Gasteiger partial charge in [0, 0.05) is 31.7 Å². The van der Waals surface area contributed by atoms with Crippen molar-refractivity contribution in [1.82, 2.24) is 10.2 Å². The topological polar surface area (TPSA) is 122 Å². The van der Waals surface area contributed by atoms with Crippen LogP contribution in [0, 0.1) is 11.7 Å². The van der Waals surface area contributed by atoms with E-state index in [1.165, 1.54) is 12.1 Å². The molecule has 2 aromatic rings. The lowest BCUT2D eigenvalue weighted by Gasteiger charge is -2.29. The summed E-state index contributed by atoms with van der Waals surface area (Å²) < 4.78 is 24.5. The van der Waals surface area contributed by atoms with Gasteiger partial charge in [-0.25, -0.2) is 9.18 Å². The van der Waals surface area contributed by atoms with Crippen LogP contribution in [0.2, 0.25) is 0 Å². The molecule has 3 atom stereocenters. The molecule has 0 unspecified atom stereocenters. The first-order valence-electron chi connectivity index (χ1n) is 13.2. The number of aryl methyl sites for hydroxylation is 1. The van der Waals surface area contributed by atoms with E-state index < -0.39 is 29.9 Å². The zero-order chi connectivity index (χ0) is 27.8. The van der Waals surface area contributed by atoms with E-state index >= 15 is 0 Å². The van der Waals surface area contributed by atoms with Gasteiger partial charge in [0.15, 0.2) is 11.8 Å². The number of carboxylic acids is 1. The molecule has 9 nitrogen and oxygen atoms in total. The van der Waals surface area contributed by atoms with E-state index in [1.807, 2.05) is 12.1 Å². The first-order valence-corrected chi connectivity index (χ1v) is 13.2. The number of carbonyl (C=O) groups excluding carboxylic acids is 3. The number of hydrogen-bond donors (Lipinski definition) is 2. The molecule has 2 amide bonds. The van der Waals surface area contributed by atoms with Gasteiger partial charge in [-0.3, -0.25) is 14.4 Å². The number of aliphatic carboxylic acids is 1. The fourth-order valence-corrected chi connectivity index (χ4v) is 4.96. The molecule has 0 aliphatic carbocycles. The number of carboxylic acid groups (broad SMARTS) is 1. The number of ether oxygens (including phenoxy) is 2. The Morgan fingerprint density at radius 1 is 1.08 bits per heavy atom. The van der Waals surface area contributed by atoms with Crippen molar-refractivity contribution in [2.45, 2.75) is 50.6 Å². The molecule has 2 bridgehead atoms. The Morgan fingerprint density at radius 3 is 2.59 bits per heavy atom. The van der Waals surface area contributed by atoms with Crippen LogP contribution in [0.3, 0.4) is 0 Å². The van der Waals surface area contributed by atoms with Gasteiger partial charge in [-0.15, -0.1) is 0 Å². The van der Waals surface area contributed by atoms with E-state index in [0.717, 1.165) is 11.1 Å². The third-order valence-corrected chi connectivity index (χ3v) is 7.09. The number of benzene rings is 2. The number of halogens is 1. The minimum absolute atomic E-state index is 0.106. The molecular weight excluding hydrogens is 507 g/mol. The van der Waals surface area contributed by atoms with Gasteiger partial charge < -0.3 is 24.8 Å². The lowest BCUT2D eigenvalue weighted by molar-refractivity contribution is -0.145. The quantitative estimate of drug-likeness (QED) is 0.598. The Balaban J connectivity index is 1.62. The molecule has 2 N–H and O–H groups in total. The summed E-state index contributed by atoms with van der Waals surface area (Å²) in [5.41, 5.74) is 1.60. The smallest absolute Gasteiger partial charge is 0.328 e. The molecule has 0 aromatic heterocycles. The molecule has 1 fully saturated rings. The van der Waals surface area contributed by atoms with E-state index in [1.54, 1.807) is 29.2 Å². The van der Waals surface area contributed by atoms with Crippen LogP contribution >= 0.6 is 0 Å². The number of carbonyl (C=O) groups is 4. The first kappa shape index (κ1) is 28.2. The van der Waals surface area contributed by atoms with Crippen LogP contribution in [-0.2, 0) is 36.8 Å². The summed E-state index contributed by atoms with van der Waals surface area (Å²) in [7, 11) is 0. The molecule has 0 radical (unpaired) electrons. The van der Waals surface area contributed by atoms with E-state index in [2.05, 4.69) is 5.32 Å². The molecule has 2 aliphatic heterocycles. The van der Waals surface area contributed by atoms with Crippen molar-refractivity contribution in [2.75, 3.05) is 26.4 Å². The number of fused-ring (bicyclic) bond motifs is 2. The standard InChI is InChI=1S/C29H33FN2O7/c30-22-10-7-19(8-11-22)6-9-21-17-26(33)25(32-12-2-5-27(32)34)16-20-3-1-4-23(15-20)39-14-13-38-18-24(29(36)37)31-28(21)35/h1,3-4,7-8,10-11,15,21,24-25H,2,5-6,9,12-14,16-18H2,(H,31,35)(H,36,37)/t21-,24+,25+/m1/s1. The summed E-state index contributed by atoms with van der Waals surface area (Å²) in [6, 6.07) is 11.1. The van der Waals surface area contributed by atoms with Gasteiger partial charge in [-0.05, 0) is 54.7 Å². The van der Waals surface area contributed by atoms with Crippen molar-refractivity contribution in [3.63, 3.8) is 0 Å². The molecule has 0 saturated carbocycles. The predicted octanol–water partition coefficient (Wildman–Crippen LogP) is 2.55. The number of Topliss-reactive ketones (excluding diaryl/α,β-unsaturated/α-hetero) is 1.